The van der Waals surface area contributed by atoms with Gasteiger partial charge in [0.15, 0.2) is 7.05 Å². The van der Waals surface area contributed by atoms with E-state index in [4.69, 9.17) is 23.2 Å². The highest BCUT2D eigenvalue weighted by Gasteiger charge is 2.24. The number of phenolic OH excluding ortho intramolecular Hbond substituents is 1. The van der Waals surface area contributed by atoms with E-state index in [9.17, 15) is 5.11 Å². The van der Waals surface area contributed by atoms with Crippen molar-refractivity contribution in [2.24, 2.45) is 7.05 Å². The first kappa shape index (κ1) is 12.5. The lowest BCUT2D eigenvalue weighted by Gasteiger charge is -2.09. The van der Waals surface area contributed by atoms with Crippen LogP contribution in [0.5, 0.6) is 5.75 Å². The van der Waals surface area contributed by atoms with E-state index in [-0.39, 0.29) is 11.8 Å². The number of halogens is 2. The van der Waals surface area contributed by atoms with Gasteiger partial charge >= 0.3 is 0 Å². The predicted octanol–water partition coefficient (Wildman–Crippen LogP) is 3.37. The molecule has 0 fully saturated rings. The lowest BCUT2D eigenvalue weighted by Crippen LogP contribution is -2.39. The number of benzene rings is 1. The highest BCUT2D eigenvalue weighted by Crippen LogP contribution is 2.40. The molecule has 2 aromatic rings. The topological polar surface area (TPSA) is 29.0 Å². The molecule has 1 aromatic carbocycles. The van der Waals surface area contributed by atoms with Gasteiger partial charge in [0.05, 0.1) is 21.5 Å². The summed E-state index contributed by atoms with van der Waals surface area (Å²) in [6, 6.07) is 0.259. The molecule has 2 rings (SSSR count). The Hall–Kier alpha value is -0.930. The van der Waals surface area contributed by atoms with Crippen molar-refractivity contribution in [2.75, 3.05) is 0 Å². The van der Waals surface area contributed by atoms with Crippen LogP contribution in [0.4, 0.5) is 0 Å². The normalized spacial score (nSPS) is 11.7. The fourth-order valence-electron chi connectivity index (χ4n) is 2.17. The minimum Gasteiger partial charge on any atom is -0.506 e. The Balaban J connectivity index is 3.02. The van der Waals surface area contributed by atoms with E-state index in [1.807, 2.05) is 17.9 Å². The summed E-state index contributed by atoms with van der Waals surface area (Å²) >= 11 is 12.5. The Morgan fingerprint density at radius 1 is 1.29 bits per heavy atom. The summed E-state index contributed by atoms with van der Waals surface area (Å²) in [5.74, 6) is 0.0608. The van der Waals surface area contributed by atoms with E-state index in [1.165, 1.54) is 0 Å². The molecule has 0 aliphatic carbocycles. The van der Waals surface area contributed by atoms with Crippen LogP contribution in [0.15, 0.2) is 6.20 Å². The summed E-state index contributed by atoms with van der Waals surface area (Å²) in [6.45, 7) is 5.92. The molecule has 0 spiro atoms. The van der Waals surface area contributed by atoms with Gasteiger partial charge in [0, 0.05) is 5.56 Å². The number of nitrogens with zero attached hydrogens (tertiary/aromatic N) is 2. The molecular weight excluding hydrogens is 259 g/mol. The van der Waals surface area contributed by atoms with Crippen LogP contribution in [0.1, 0.15) is 25.5 Å². The van der Waals surface area contributed by atoms with Crippen molar-refractivity contribution in [3.8, 4) is 5.75 Å². The molecule has 0 radical (unpaired) electrons. The Bertz CT molecular complexity index is 603. The number of fused-ring (bicyclic) bond motifs is 1. The molecule has 5 heteroatoms. The van der Waals surface area contributed by atoms with Crippen molar-refractivity contribution in [3.05, 3.63) is 21.8 Å². The van der Waals surface area contributed by atoms with E-state index in [1.54, 1.807) is 6.92 Å². The molecule has 17 heavy (non-hydrogen) atoms. The molecule has 92 valence electrons. The second-order valence-electron chi connectivity index (χ2n) is 4.50. The number of hydrogen-bond donors (Lipinski definition) is 1. The Morgan fingerprint density at radius 2 is 1.88 bits per heavy atom. The lowest BCUT2D eigenvalue weighted by atomic mass is 10.1. The van der Waals surface area contributed by atoms with E-state index in [0.29, 0.717) is 15.6 Å². The lowest BCUT2D eigenvalue weighted by molar-refractivity contribution is -0.753. The second-order valence-corrected chi connectivity index (χ2v) is 5.26. The zero-order valence-corrected chi connectivity index (χ0v) is 11.8. The first-order valence-electron chi connectivity index (χ1n) is 5.43. The van der Waals surface area contributed by atoms with Crippen LogP contribution in [0, 0.1) is 6.92 Å². The third-order valence-corrected chi connectivity index (χ3v) is 3.81. The fourth-order valence-corrected chi connectivity index (χ4v) is 2.72. The minimum atomic E-state index is 0.0608. The van der Waals surface area contributed by atoms with Crippen LogP contribution in [-0.4, -0.2) is 9.79 Å². The van der Waals surface area contributed by atoms with Crippen LogP contribution in [-0.2, 0) is 7.05 Å². The van der Waals surface area contributed by atoms with Gasteiger partial charge < -0.3 is 5.11 Å². The molecule has 0 aliphatic heterocycles. The molecule has 1 N–H and O–H groups in total. The standard InChI is InChI=1S/C12H14Cl2N2O/c1-6(2)16-11-8(5-15(16)4)10(14)12(17)7(3)9(11)13/h5-6H,1-4H3/p+1. The first-order valence-corrected chi connectivity index (χ1v) is 6.19. The van der Waals surface area contributed by atoms with Crippen molar-refractivity contribution in [1.82, 2.24) is 4.68 Å². The molecule has 0 saturated carbocycles. The van der Waals surface area contributed by atoms with Gasteiger partial charge in [0.25, 0.3) is 0 Å². The summed E-state index contributed by atoms with van der Waals surface area (Å²) < 4.78 is 3.99. The summed E-state index contributed by atoms with van der Waals surface area (Å²) in [5.41, 5.74) is 1.48. The quantitative estimate of drug-likeness (QED) is 0.794. The third-order valence-electron chi connectivity index (χ3n) is 2.97. The summed E-state index contributed by atoms with van der Waals surface area (Å²) in [7, 11) is 1.93. The van der Waals surface area contributed by atoms with Crippen LogP contribution < -0.4 is 4.68 Å². The molecular formula is C12H15Cl2N2O+. The van der Waals surface area contributed by atoms with Crippen molar-refractivity contribution in [3.63, 3.8) is 0 Å². The molecule has 0 saturated heterocycles. The van der Waals surface area contributed by atoms with Gasteiger partial charge in [-0.2, -0.15) is 0 Å². The fraction of sp³-hybridized carbons (Fsp3) is 0.417. The SMILES string of the molecule is Cc1c(O)c(Cl)c2c[n+](C)n(C(C)C)c2c1Cl. The Kier molecular flexibility index (Phi) is 3.00. The van der Waals surface area contributed by atoms with Crippen molar-refractivity contribution < 1.29 is 9.79 Å². The van der Waals surface area contributed by atoms with Gasteiger partial charge in [-0.15, -0.1) is 9.36 Å². The van der Waals surface area contributed by atoms with Crippen molar-refractivity contribution in [1.29, 1.82) is 0 Å². The second kappa shape index (κ2) is 4.07. The summed E-state index contributed by atoms with van der Waals surface area (Å²) in [4.78, 5) is 0. The first-order chi connectivity index (χ1) is 7.86. The molecule has 1 heterocycles. The van der Waals surface area contributed by atoms with Gasteiger partial charge in [-0.25, -0.2) is 0 Å². The van der Waals surface area contributed by atoms with Gasteiger partial charge in [-0.1, -0.05) is 23.2 Å². The smallest absolute Gasteiger partial charge is 0.204 e. The molecule has 0 aliphatic rings. The maximum Gasteiger partial charge on any atom is 0.204 e. The van der Waals surface area contributed by atoms with E-state index >= 15 is 0 Å². The van der Waals surface area contributed by atoms with E-state index < -0.39 is 0 Å². The highest BCUT2D eigenvalue weighted by atomic mass is 35.5. The Labute approximate surface area is 110 Å². The number of aromatic nitrogens is 2. The zero-order valence-electron chi connectivity index (χ0n) is 10.3. The van der Waals surface area contributed by atoms with Gasteiger partial charge in [0.2, 0.25) is 6.20 Å². The third kappa shape index (κ3) is 1.69. The highest BCUT2D eigenvalue weighted by molar-refractivity contribution is 6.41. The van der Waals surface area contributed by atoms with Gasteiger partial charge in [-0.05, 0) is 20.8 Å². The minimum absolute atomic E-state index is 0.0608. The maximum absolute atomic E-state index is 9.89. The molecule has 0 bridgehead atoms. The van der Waals surface area contributed by atoms with Crippen LogP contribution in [0.2, 0.25) is 10.0 Å². The molecule has 0 amide bonds. The maximum atomic E-state index is 9.89. The van der Waals surface area contributed by atoms with Gasteiger partial charge in [-0.3, -0.25) is 0 Å². The van der Waals surface area contributed by atoms with Crippen LogP contribution in [0.25, 0.3) is 10.9 Å². The number of aromatic hydroxyl groups is 1. The predicted molar refractivity (Wildman–Crippen MR) is 69.9 cm³/mol. The van der Waals surface area contributed by atoms with E-state index in [0.717, 1.165) is 10.9 Å². The summed E-state index contributed by atoms with van der Waals surface area (Å²) in [6.07, 6.45) is 1.88. The average molecular weight is 274 g/mol. The molecule has 0 atom stereocenters. The van der Waals surface area contributed by atoms with Crippen molar-refractivity contribution >= 4 is 34.1 Å². The molecule has 3 nitrogen and oxygen atoms in total. The molecule has 0 unspecified atom stereocenters. The monoisotopic (exact) mass is 273 g/mol. The number of hydrogen-bond acceptors (Lipinski definition) is 1. The number of rotatable bonds is 1. The molecule has 1 aromatic heterocycles. The van der Waals surface area contributed by atoms with Crippen LogP contribution in [0.3, 0.4) is 0 Å². The van der Waals surface area contributed by atoms with Crippen molar-refractivity contribution in [2.45, 2.75) is 26.8 Å². The Morgan fingerprint density at radius 3 is 2.41 bits per heavy atom. The zero-order chi connectivity index (χ0) is 12.9. The van der Waals surface area contributed by atoms with E-state index in [2.05, 4.69) is 18.5 Å². The largest absolute Gasteiger partial charge is 0.506 e. The van der Waals surface area contributed by atoms with Gasteiger partial charge in [0.1, 0.15) is 11.3 Å². The van der Waals surface area contributed by atoms with Crippen LogP contribution >= 0.6 is 23.2 Å². The number of aryl methyl sites for hydroxylation is 1. The number of phenols is 1. The summed E-state index contributed by atoms with van der Waals surface area (Å²) in [5, 5.41) is 11.6. The average Bonchev–Trinajstić information content (AvgIpc) is 2.61.